The third-order valence-corrected chi connectivity index (χ3v) is 3.29. The molecule has 11 heteroatoms. The van der Waals surface area contributed by atoms with Crippen LogP contribution in [0.3, 0.4) is 0 Å². The Morgan fingerprint density at radius 1 is 1.08 bits per heavy atom. The Bertz CT molecular complexity index is 662. The highest BCUT2D eigenvalue weighted by Gasteiger charge is 2.45. The van der Waals surface area contributed by atoms with Crippen LogP contribution in [0.15, 0.2) is 0 Å². The smallest absolute Gasteiger partial charge is 0.393 e. The molecule has 1 aromatic carbocycles. The highest BCUT2D eigenvalue weighted by atomic mass is 19.4. The molecule has 134 valence electrons. The van der Waals surface area contributed by atoms with Gasteiger partial charge in [-0.1, -0.05) is 20.3 Å². The summed E-state index contributed by atoms with van der Waals surface area (Å²) in [6.45, 7) is 3.35. The monoisotopic (exact) mass is 350 g/mol. The Morgan fingerprint density at radius 3 is 2.00 bits per heavy atom. The zero-order chi connectivity index (χ0) is 18.7. The quantitative estimate of drug-likeness (QED) is 0.437. The Labute approximate surface area is 135 Å². The highest BCUT2D eigenvalue weighted by Crippen LogP contribution is 2.50. The zero-order valence-electron chi connectivity index (χ0n) is 13.1. The molecular weight excluding hydrogens is 333 g/mol. The molecule has 0 fully saturated rings. The van der Waals surface area contributed by atoms with Gasteiger partial charge in [0.05, 0.1) is 15.4 Å². The van der Waals surface area contributed by atoms with Crippen LogP contribution in [0, 0.1) is 20.2 Å². The van der Waals surface area contributed by atoms with Crippen LogP contribution < -0.4 is 11.1 Å². The van der Waals surface area contributed by atoms with Crippen molar-refractivity contribution in [3.05, 3.63) is 31.4 Å². The van der Waals surface area contributed by atoms with E-state index >= 15 is 0 Å². The number of alkyl halides is 3. The number of benzene rings is 1. The van der Waals surface area contributed by atoms with E-state index in [-0.39, 0.29) is 19.4 Å². The van der Waals surface area contributed by atoms with Crippen molar-refractivity contribution in [2.75, 3.05) is 17.6 Å². The summed E-state index contributed by atoms with van der Waals surface area (Å²) < 4.78 is 40.1. The van der Waals surface area contributed by atoms with Crippen molar-refractivity contribution >= 4 is 22.7 Å². The van der Waals surface area contributed by atoms with Crippen LogP contribution in [0.5, 0.6) is 0 Å². The second-order valence-corrected chi connectivity index (χ2v) is 5.03. The molecule has 0 heterocycles. The molecule has 0 bridgehead atoms. The summed E-state index contributed by atoms with van der Waals surface area (Å²) in [5, 5.41) is 25.1. The Balaban J connectivity index is 4.01. The number of nitrogen functional groups attached to an aromatic ring is 1. The molecule has 0 saturated carbocycles. The molecule has 0 amide bonds. The molecule has 0 spiro atoms. The van der Waals surface area contributed by atoms with E-state index in [0.717, 1.165) is 0 Å². The fourth-order valence-corrected chi connectivity index (χ4v) is 2.42. The maximum atomic E-state index is 13.4. The number of nitrogens with one attached hydrogen (secondary N) is 1. The van der Waals surface area contributed by atoms with Gasteiger partial charge < -0.3 is 11.1 Å². The summed E-state index contributed by atoms with van der Waals surface area (Å²) in [5.41, 5.74) is -0.495. The van der Waals surface area contributed by atoms with Crippen molar-refractivity contribution < 1.29 is 23.0 Å². The predicted molar refractivity (Wildman–Crippen MR) is 81.9 cm³/mol. The minimum atomic E-state index is -5.05. The first-order valence-corrected chi connectivity index (χ1v) is 7.15. The topological polar surface area (TPSA) is 124 Å². The molecule has 3 N–H and O–H groups in total. The van der Waals surface area contributed by atoms with Crippen molar-refractivity contribution in [3.63, 3.8) is 0 Å². The van der Waals surface area contributed by atoms with Crippen molar-refractivity contribution in [1.29, 1.82) is 0 Å². The molecule has 0 atom stereocenters. The van der Waals surface area contributed by atoms with E-state index in [1.165, 1.54) is 0 Å². The minimum Gasteiger partial charge on any atom is -0.393 e. The summed E-state index contributed by atoms with van der Waals surface area (Å²) in [7, 11) is 0. The van der Waals surface area contributed by atoms with E-state index in [2.05, 4.69) is 5.32 Å². The molecular formula is C13H17F3N4O4. The summed E-state index contributed by atoms with van der Waals surface area (Å²) in [6.07, 6.45) is -4.70. The molecule has 1 rings (SSSR count). The molecule has 0 aliphatic carbocycles. The van der Waals surface area contributed by atoms with Crippen molar-refractivity contribution in [2.24, 2.45) is 0 Å². The number of nitro groups is 2. The number of hydrogen-bond acceptors (Lipinski definition) is 6. The normalized spacial score (nSPS) is 11.4. The molecule has 1 aromatic rings. The lowest BCUT2D eigenvalue weighted by Gasteiger charge is -2.18. The standard InChI is InChI=1S/C13H17F3N4O4/c1-3-5-7-8(13(14,15)16)9(17)12(20(23)24)10(18-6-4-2)11(7)19(21)22/h18H,3-6,17H2,1-2H3. The molecule has 24 heavy (non-hydrogen) atoms. The summed E-state index contributed by atoms with van der Waals surface area (Å²) in [4.78, 5) is 20.4. The van der Waals surface area contributed by atoms with E-state index in [1.807, 2.05) is 0 Å². The van der Waals surface area contributed by atoms with Crippen LogP contribution in [0.25, 0.3) is 0 Å². The van der Waals surface area contributed by atoms with E-state index in [4.69, 9.17) is 5.73 Å². The lowest BCUT2D eigenvalue weighted by atomic mass is 9.95. The largest absolute Gasteiger partial charge is 0.419 e. The Kier molecular flexibility index (Phi) is 5.93. The van der Waals surface area contributed by atoms with Crippen LogP contribution in [-0.2, 0) is 12.6 Å². The van der Waals surface area contributed by atoms with Crippen LogP contribution in [0.1, 0.15) is 37.8 Å². The number of hydrogen-bond donors (Lipinski definition) is 2. The van der Waals surface area contributed by atoms with Crippen LogP contribution in [-0.4, -0.2) is 16.4 Å². The first-order chi connectivity index (χ1) is 11.1. The van der Waals surface area contributed by atoms with Gasteiger partial charge in [0.2, 0.25) is 0 Å². The summed E-state index contributed by atoms with van der Waals surface area (Å²) >= 11 is 0. The average Bonchev–Trinajstić information content (AvgIpc) is 2.42. The SMILES string of the molecule is CCCNc1c([N+](=O)[O-])c(N)c(C(F)(F)F)c(CCC)c1[N+](=O)[O-]. The van der Waals surface area contributed by atoms with Gasteiger partial charge in [-0.3, -0.25) is 20.2 Å². The van der Waals surface area contributed by atoms with Crippen LogP contribution >= 0.6 is 0 Å². The van der Waals surface area contributed by atoms with Gasteiger partial charge in [-0.25, -0.2) is 0 Å². The lowest BCUT2D eigenvalue weighted by molar-refractivity contribution is -0.392. The van der Waals surface area contributed by atoms with E-state index < -0.39 is 49.9 Å². The molecule has 8 nitrogen and oxygen atoms in total. The molecule has 0 unspecified atom stereocenters. The van der Waals surface area contributed by atoms with E-state index in [9.17, 15) is 33.4 Å². The zero-order valence-corrected chi connectivity index (χ0v) is 13.1. The number of nitrogens with zero attached hydrogens (tertiary/aromatic N) is 2. The number of halogens is 3. The highest BCUT2D eigenvalue weighted by molar-refractivity contribution is 5.88. The van der Waals surface area contributed by atoms with Gasteiger partial charge in [-0.15, -0.1) is 0 Å². The van der Waals surface area contributed by atoms with Crippen molar-refractivity contribution in [2.45, 2.75) is 39.3 Å². The van der Waals surface area contributed by atoms with Crippen molar-refractivity contribution in [3.8, 4) is 0 Å². The van der Waals surface area contributed by atoms with Gasteiger partial charge in [0, 0.05) is 12.1 Å². The van der Waals surface area contributed by atoms with Crippen molar-refractivity contribution in [1.82, 2.24) is 0 Å². The van der Waals surface area contributed by atoms with Crippen LogP contribution in [0.2, 0.25) is 0 Å². The second kappa shape index (κ2) is 7.32. The number of rotatable bonds is 7. The first-order valence-electron chi connectivity index (χ1n) is 7.15. The van der Waals surface area contributed by atoms with Gasteiger partial charge in [0.25, 0.3) is 0 Å². The van der Waals surface area contributed by atoms with Gasteiger partial charge >= 0.3 is 17.6 Å². The summed E-state index contributed by atoms with van der Waals surface area (Å²) in [6, 6.07) is 0. The molecule has 0 aromatic heterocycles. The van der Waals surface area contributed by atoms with Gasteiger partial charge in [-0.2, -0.15) is 13.2 Å². The Hall–Kier alpha value is -2.59. The Morgan fingerprint density at radius 2 is 1.62 bits per heavy atom. The molecule has 0 radical (unpaired) electrons. The van der Waals surface area contributed by atoms with E-state index in [0.29, 0.717) is 6.42 Å². The van der Waals surface area contributed by atoms with E-state index in [1.54, 1.807) is 13.8 Å². The fraction of sp³-hybridized carbons (Fsp3) is 0.538. The lowest BCUT2D eigenvalue weighted by Crippen LogP contribution is -2.19. The predicted octanol–water partition coefficient (Wildman–Crippen LogP) is 3.88. The third kappa shape index (κ3) is 3.66. The van der Waals surface area contributed by atoms with Crippen LogP contribution in [0.4, 0.5) is 35.9 Å². The minimum absolute atomic E-state index is 0.109. The molecule has 0 saturated heterocycles. The molecule has 0 aliphatic rings. The first kappa shape index (κ1) is 19.5. The summed E-state index contributed by atoms with van der Waals surface area (Å²) in [5.74, 6) is 0. The second-order valence-electron chi connectivity index (χ2n) is 5.03. The maximum Gasteiger partial charge on any atom is 0.419 e. The number of nitrogens with two attached hydrogens (primary N) is 1. The number of anilines is 2. The van der Waals surface area contributed by atoms with Gasteiger partial charge in [-0.05, 0) is 12.8 Å². The van der Waals surface area contributed by atoms with Gasteiger partial charge in [0.15, 0.2) is 5.69 Å². The van der Waals surface area contributed by atoms with Gasteiger partial charge in [0.1, 0.15) is 5.69 Å². The average molecular weight is 350 g/mol. The fourth-order valence-electron chi connectivity index (χ4n) is 2.42. The number of nitro benzene ring substituents is 2. The maximum absolute atomic E-state index is 13.4. The third-order valence-electron chi connectivity index (χ3n) is 3.29. The molecule has 0 aliphatic heterocycles.